The third kappa shape index (κ3) is 4.61. The summed E-state index contributed by atoms with van der Waals surface area (Å²) in [7, 11) is 2.60. The number of fused-ring (bicyclic) bond motifs is 1. The number of nitrogens with zero attached hydrogens (tertiary/aromatic N) is 1. The number of aromatic nitrogens is 1. The quantitative estimate of drug-likeness (QED) is 0.504. The Morgan fingerprint density at radius 2 is 1.87 bits per heavy atom. The molecule has 1 aromatic carbocycles. The maximum Gasteiger partial charge on any atom is 0.259 e. The first-order chi connectivity index (χ1) is 14.8. The van der Waals surface area contributed by atoms with Crippen LogP contribution in [0.2, 0.25) is 0 Å². The minimum atomic E-state index is -2.38. The Morgan fingerprint density at radius 3 is 2.55 bits per heavy atom. The molecule has 0 atom stereocenters. The van der Waals surface area contributed by atoms with Crippen molar-refractivity contribution in [1.82, 2.24) is 9.88 Å². The standard InChI is InChI=1S/C22H28N2O5S2/c1-24-13-18(14-4-5-19(28-2)20(10-14)29-3)21-17(22(24)25)11-16(30-21)12-23-15-6-8-31(26,27)9-7-15/h4-5,10-11,13,15,23,26-27H,6-9,12H2,1-3H3. The van der Waals surface area contributed by atoms with Crippen molar-refractivity contribution >= 4 is 32.0 Å². The van der Waals surface area contributed by atoms with Gasteiger partial charge in [0.2, 0.25) is 0 Å². The maximum absolute atomic E-state index is 12.8. The number of nitrogens with one attached hydrogen (secondary N) is 1. The molecule has 1 fully saturated rings. The zero-order valence-electron chi connectivity index (χ0n) is 17.9. The molecule has 0 amide bonds. The third-order valence-electron chi connectivity index (χ3n) is 5.75. The van der Waals surface area contributed by atoms with E-state index in [1.54, 1.807) is 37.2 Å². The molecule has 1 saturated heterocycles. The van der Waals surface area contributed by atoms with E-state index in [1.807, 2.05) is 30.5 Å². The van der Waals surface area contributed by atoms with Crippen LogP contribution in [-0.4, -0.2) is 45.4 Å². The lowest BCUT2D eigenvalue weighted by Gasteiger charge is -2.39. The Bertz CT molecular complexity index is 1140. The van der Waals surface area contributed by atoms with Crippen molar-refractivity contribution in [3.05, 3.63) is 45.7 Å². The second kappa shape index (κ2) is 8.84. The van der Waals surface area contributed by atoms with Crippen molar-refractivity contribution in [2.45, 2.75) is 25.4 Å². The lowest BCUT2D eigenvalue weighted by molar-refractivity contribution is 0.355. The topological polar surface area (TPSA) is 93.0 Å². The molecule has 4 rings (SSSR count). The van der Waals surface area contributed by atoms with Crippen molar-refractivity contribution in [3.8, 4) is 22.6 Å². The summed E-state index contributed by atoms with van der Waals surface area (Å²) in [5.41, 5.74) is 1.91. The van der Waals surface area contributed by atoms with E-state index in [-0.39, 0.29) is 11.6 Å². The fourth-order valence-electron chi connectivity index (χ4n) is 3.96. The van der Waals surface area contributed by atoms with Crippen LogP contribution in [0.1, 0.15) is 17.7 Å². The van der Waals surface area contributed by atoms with Gasteiger partial charge in [-0.25, -0.2) is 0 Å². The number of ether oxygens (including phenoxy) is 2. The molecular weight excluding hydrogens is 436 g/mol. The normalized spacial score (nSPS) is 17.6. The van der Waals surface area contributed by atoms with Gasteiger partial charge in [-0.15, -0.1) is 11.3 Å². The summed E-state index contributed by atoms with van der Waals surface area (Å²) in [6, 6.07) is 8.00. The smallest absolute Gasteiger partial charge is 0.259 e. The summed E-state index contributed by atoms with van der Waals surface area (Å²) < 4.78 is 33.0. The molecule has 0 radical (unpaired) electrons. The molecule has 2 aromatic heterocycles. The number of hydrogen-bond acceptors (Lipinski definition) is 7. The van der Waals surface area contributed by atoms with Crippen molar-refractivity contribution in [1.29, 1.82) is 0 Å². The highest BCUT2D eigenvalue weighted by atomic mass is 32.3. The zero-order valence-corrected chi connectivity index (χ0v) is 19.5. The SMILES string of the molecule is COc1ccc(-c2cn(C)c(=O)c3cc(CNC4CCS(O)(O)CC4)sc23)cc1OC. The van der Waals surface area contributed by atoms with Crippen LogP contribution >= 0.6 is 21.9 Å². The van der Waals surface area contributed by atoms with Crippen molar-refractivity contribution < 1.29 is 18.6 Å². The fraction of sp³-hybridized carbons (Fsp3) is 0.409. The van der Waals surface area contributed by atoms with Gasteiger partial charge in [0.05, 0.1) is 19.6 Å². The number of hydrogen-bond donors (Lipinski definition) is 3. The number of benzene rings is 1. The predicted molar refractivity (Wildman–Crippen MR) is 128 cm³/mol. The molecule has 0 unspecified atom stereocenters. The molecule has 1 aliphatic heterocycles. The summed E-state index contributed by atoms with van der Waals surface area (Å²) in [6.07, 6.45) is 3.38. The van der Waals surface area contributed by atoms with Crippen molar-refractivity contribution in [3.63, 3.8) is 0 Å². The number of thiophene rings is 1. The second-order valence-corrected chi connectivity index (χ2v) is 11.4. The predicted octanol–water partition coefficient (Wildman–Crippen LogP) is 4.29. The summed E-state index contributed by atoms with van der Waals surface area (Å²) in [6.45, 7) is 0.651. The molecule has 7 nitrogen and oxygen atoms in total. The largest absolute Gasteiger partial charge is 0.493 e. The maximum atomic E-state index is 12.8. The highest BCUT2D eigenvalue weighted by molar-refractivity contribution is 8.24. The van der Waals surface area contributed by atoms with Gasteiger partial charge >= 0.3 is 0 Å². The fourth-order valence-corrected chi connectivity index (χ4v) is 6.62. The Morgan fingerprint density at radius 1 is 1.16 bits per heavy atom. The van der Waals surface area contributed by atoms with Crippen LogP contribution in [0.25, 0.3) is 21.2 Å². The first kappa shape index (κ1) is 22.2. The van der Waals surface area contributed by atoms with E-state index in [1.165, 1.54) is 0 Å². The molecule has 31 heavy (non-hydrogen) atoms. The van der Waals surface area contributed by atoms with Crippen LogP contribution in [0, 0.1) is 0 Å². The van der Waals surface area contributed by atoms with Crippen LogP contribution in [0.3, 0.4) is 0 Å². The van der Waals surface area contributed by atoms with E-state index in [2.05, 4.69) is 5.32 Å². The first-order valence-electron chi connectivity index (χ1n) is 10.1. The summed E-state index contributed by atoms with van der Waals surface area (Å²) in [5.74, 6) is 2.22. The Labute approximate surface area is 187 Å². The van der Waals surface area contributed by atoms with Crippen molar-refractivity contribution in [2.75, 3.05) is 25.7 Å². The van der Waals surface area contributed by atoms with Gasteiger partial charge in [0, 0.05) is 52.5 Å². The molecule has 3 N–H and O–H groups in total. The van der Waals surface area contributed by atoms with E-state index >= 15 is 0 Å². The van der Waals surface area contributed by atoms with Gasteiger partial charge in [0.15, 0.2) is 11.5 Å². The molecule has 9 heteroatoms. The van der Waals surface area contributed by atoms with Gasteiger partial charge in [0.25, 0.3) is 5.56 Å². The third-order valence-corrected chi connectivity index (χ3v) is 8.69. The highest BCUT2D eigenvalue weighted by Gasteiger charge is 2.24. The van der Waals surface area contributed by atoms with Gasteiger partial charge in [-0.1, -0.05) is 6.07 Å². The summed E-state index contributed by atoms with van der Waals surface area (Å²) in [5, 5.41) is 4.22. The van der Waals surface area contributed by atoms with Gasteiger partial charge in [-0.2, -0.15) is 10.6 Å². The minimum absolute atomic E-state index is 0.0201. The monoisotopic (exact) mass is 464 g/mol. The second-order valence-electron chi connectivity index (χ2n) is 7.85. The van der Waals surface area contributed by atoms with Crippen LogP contribution in [-0.2, 0) is 13.6 Å². The minimum Gasteiger partial charge on any atom is -0.493 e. The van der Waals surface area contributed by atoms with Crippen LogP contribution < -0.4 is 20.3 Å². The van der Waals surface area contributed by atoms with E-state index in [4.69, 9.17) is 9.47 Å². The molecule has 168 valence electrons. The van der Waals surface area contributed by atoms with Gasteiger partial charge in [0.1, 0.15) is 0 Å². The lowest BCUT2D eigenvalue weighted by atomic mass is 10.1. The van der Waals surface area contributed by atoms with E-state index in [0.717, 1.165) is 33.5 Å². The Kier molecular flexibility index (Phi) is 6.32. The average molecular weight is 465 g/mol. The molecule has 3 heterocycles. The number of aryl methyl sites for hydroxylation is 1. The van der Waals surface area contributed by atoms with Crippen LogP contribution in [0.5, 0.6) is 11.5 Å². The van der Waals surface area contributed by atoms with Crippen LogP contribution in [0.4, 0.5) is 0 Å². The molecule has 0 aliphatic carbocycles. The summed E-state index contributed by atoms with van der Waals surface area (Å²) >= 11 is 1.61. The number of rotatable bonds is 6. The van der Waals surface area contributed by atoms with Gasteiger partial charge in [-0.3, -0.25) is 13.9 Å². The molecule has 0 saturated carbocycles. The van der Waals surface area contributed by atoms with Crippen LogP contribution in [0.15, 0.2) is 35.3 Å². The van der Waals surface area contributed by atoms with Gasteiger partial charge in [-0.05, 0) is 36.6 Å². The molecule has 0 spiro atoms. The summed E-state index contributed by atoms with van der Waals surface area (Å²) in [4.78, 5) is 13.9. The zero-order chi connectivity index (χ0) is 22.2. The van der Waals surface area contributed by atoms with Gasteiger partial charge < -0.3 is 19.4 Å². The average Bonchev–Trinajstić information content (AvgIpc) is 3.19. The Balaban J connectivity index is 1.65. The number of pyridine rings is 1. The van der Waals surface area contributed by atoms with Crippen molar-refractivity contribution in [2.24, 2.45) is 7.05 Å². The number of methoxy groups -OCH3 is 2. The molecular formula is C22H28N2O5S2. The van der Waals surface area contributed by atoms with E-state index in [9.17, 15) is 13.9 Å². The van der Waals surface area contributed by atoms with E-state index in [0.29, 0.717) is 34.9 Å². The molecule has 0 bridgehead atoms. The van der Waals surface area contributed by atoms with E-state index < -0.39 is 10.6 Å². The first-order valence-corrected chi connectivity index (χ1v) is 12.8. The Hall–Kier alpha value is -2.04. The highest BCUT2D eigenvalue weighted by Crippen LogP contribution is 2.44. The molecule has 1 aliphatic rings. The molecule has 3 aromatic rings. The lowest BCUT2D eigenvalue weighted by Crippen LogP contribution is -2.35.